The van der Waals surface area contributed by atoms with E-state index in [2.05, 4.69) is 35.5 Å². The third-order valence-electron chi connectivity index (χ3n) is 3.19. The quantitative estimate of drug-likeness (QED) is 0.875. The van der Waals surface area contributed by atoms with Crippen LogP contribution in [0.1, 0.15) is 42.6 Å². The zero-order valence-electron chi connectivity index (χ0n) is 12.7. The van der Waals surface area contributed by atoms with E-state index in [9.17, 15) is 4.79 Å². The molecule has 0 fully saturated rings. The molecule has 4 heteroatoms. The lowest BCUT2D eigenvalue weighted by molar-refractivity contribution is 0.102. The van der Waals surface area contributed by atoms with Gasteiger partial charge in [-0.05, 0) is 42.7 Å². The third-order valence-corrected chi connectivity index (χ3v) is 3.19. The van der Waals surface area contributed by atoms with Gasteiger partial charge in [-0.2, -0.15) is 0 Å². The maximum absolute atomic E-state index is 12.3. The number of carbonyl (C=O) groups excluding carboxylic acids is 1. The summed E-state index contributed by atoms with van der Waals surface area (Å²) in [5.74, 6) is 1.02. The van der Waals surface area contributed by atoms with E-state index in [0.29, 0.717) is 17.3 Å². The second kappa shape index (κ2) is 6.88. The number of hydrogen-bond donors (Lipinski definition) is 2. The van der Waals surface area contributed by atoms with Crippen molar-refractivity contribution in [2.24, 2.45) is 0 Å². The fraction of sp³-hybridized carbons (Fsp3) is 0.294. The molecule has 0 bridgehead atoms. The smallest absolute Gasteiger partial charge is 0.255 e. The number of aromatic nitrogens is 1. The van der Waals surface area contributed by atoms with E-state index in [0.717, 1.165) is 12.2 Å². The molecule has 0 spiro atoms. The lowest BCUT2D eigenvalue weighted by atomic mass is 10.0. The molecule has 1 heterocycles. The predicted octanol–water partition coefficient (Wildman–Crippen LogP) is 3.89. The van der Waals surface area contributed by atoms with Gasteiger partial charge in [0, 0.05) is 24.0 Å². The van der Waals surface area contributed by atoms with Crippen LogP contribution in [-0.4, -0.2) is 17.4 Å². The number of pyridine rings is 1. The summed E-state index contributed by atoms with van der Waals surface area (Å²) in [5, 5.41) is 6.03. The molecule has 0 atom stereocenters. The third kappa shape index (κ3) is 4.05. The summed E-state index contributed by atoms with van der Waals surface area (Å²) in [6.07, 6.45) is 1.64. The molecule has 0 saturated heterocycles. The van der Waals surface area contributed by atoms with Crippen molar-refractivity contribution < 1.29 is 4.79 Å². The Balaban J connectivity index is 2.14. The maximum atomic E-state index is 12.3. The summed E-state index contributed by atoms with van der Waals surface area (Å²) >= 11 is 0. The number of anilines is 2. The monoisotopic (exact) mass is 283 g/mol. The molecule has 1 aromatic carbocycles. The number of rotatable bonds is 5. The topological polar surface area (TPSA) is 54.0 Å². The molecule has 2 N–H and O–H groups in total. The Morgan fingerprint density at radius 2 is 2.05 bits per heavy atom. The van der Waals surface area contributed by atoms with E-state index in [-0.39, 0.29) is 5.91 Å². The number of nitrogens with zero attached hydrogens (tertiary/aromatic N) is 1. The Kier molecular flexibility index (Phi) is 4.93. The SMILES string of the molecule is CCNc1cc(C(=O)Nc2cccc(C(C)C)c2)ccn1. The van der Waals surface area contributed by atoms with Gasteiger partial charge in [-0.25, -0.2) is 4.98 Å². The van der Waals surface area contributed by atoms with Crippen LogP contribution in [0, 0.1) is 0 Å². The molecule has 4 nitrogen and oxygen atoms in total. The first-order valence-corrected chi connectivity index (χ1v) is 7.21. The number of amides is 1. The molecule has 0 saturated carbocycles. The lowest BCUT2D eigenvalue weighted by Gasteiger charge is -2.10. The number of nitrogens with one attached hydrogen (secondary N) is 2. The van der Waals surface area contributed by atoms with Crippen molar-refractivity contribution in [3.05, 3.63) is 53.7 Å². The van der Waals surface area contributed by atoms with Crippen LogP contribution in [0.2, 0.25) is 0 Å². The van der Waals surface area contributed by atoms with Crippen molar-refractivity contribution in [2.75, 3.05) is 17.2 Å². The second-order valence-corrected chi connectivity index (χ2v) is 5.19. The van der Waals surface area contributed by atoms with Crippen molar-refractivity contribution in [3.8, 4) is 0 Å². The molecule has 21 heavy (non-hydrogen) atoms. The van der Waals surface area contributed by atoms with E-state index in [1.54, 1.807) is 18.3 Å². The van der Waals surface area contributed by atoms with Crippen molar-refractivity contribution >= 4 is 17.4 Å². The zero-order chi connectivity index (χ0) is 15.2. The minimum atomic E-state index is -0.127. The van der Waals surface area contributed by atoms with Crippen LogP contribution in [0.25, 0.3) is 0 Å². The van der Waals surface area contributed by atoms with Gasteiger partial charge in [-0.3, -0.25) is 4.79 Å². The molecule has 2 rings (SSSR count). The first-order valence-electron chi connectivity index (χ1n) is 7.21. The highest BCUT2D eigenvalue weighted by Gasteiger charge is 2.08. The molecule has 0 aliphatic carbocycles. The van der Waals surface area contributed by atoms with E-state index < -0.39 is 0 Å². The average molecular weight is 283 g/mol. The van der Waals surface area contributed by atoms with Gasteiger partial charge in [0.15, 0.2) is 0 Å². The molecular weight excluding hydrogens is 262 g/mol. The summed E-state index contributed by atoms with van der Waals surface area (Å²) < 4.78 is 0. The minimum absolute atomic E-state index is 0.127. The van der Waals surface area contributed by atoms with Gasteiger partial charge in [-0.15, -0.1) is 0 Å². The number of carbonyl (C=O) groups is 1. The van der Waals surface area contributed by atoms with Gasteiger partial charge in [0.2, 0.25) is 0 Å². The van der Waals surface area contributed by atoms with Gasteiger partial charge < -0.3 is 10.6 Å². The lowest BCUT2D eigenvalue weighted by Crippen LogP contribution is -2.13. The van der Waals surface area contributed by atoms with E-state index >= 15 is 0 Å². The molecule has 0 aliphatic heterocycles. The predicted molar refractivity (Wildman–Crippen MR) is 86.9 cm³/mol. The number of benzene rings is 1. The van der Waals surface area contributed by atoms with Gasteiger partial charge in [0.25, 0.3) is 5.91 Å². The maximum Gasteiger partial charge on any atom is 0.255 e. The Bertz CT molecular complexity index is 623. The number of hydrogen-bond acceptors (Lipinski definition) is 3. The van der Waals surface area contributed by atoms with E-state index in [4.69, 9.17) is 0 Å². The van der Waals surface area contributed by atoms with Crippen molar-refractivity contribution in [1.82, 2.24) is 4.98 Å². The fourth-order valence-electron chi connectivity index (χ4n) is 2.03. The highest BCUT2D eigenvalue weighted by Crippen LogP contribution is 2.19. The Labute approximate surface area is 125 Å². The van der Waals surface area contributed by atoms with Crippen LogP contribution in [0.15, 0.2) is 42.6 Å². The Morgan fingerprint density at radius 1 is 1.24 bits per heavy atom. The van der Waals surface area contributed by atoms with E-state index in [1.807, 2.05) is 25.1 Å². The largest absolute Gasteiger partial charge is 0.370 e. The van der Waals surface area contributed by atoms with Crippen molar-refractivity contribution in [3.63, 3.8) is 0 Å². The van der Waals surface area contributed by atoms with Crippen molar-refractivity contribution in [1.29, 1.82) is 0 Å². The first-order chi connectivity index (χ1) is 10.1. The van der Waals surface area contributed by atoms with Crippen LogP contribution in [0.5, 0.6) is 0 Å². The molecule has 110 valence electrons. The van der Waals surface area contributed by atoms with Gasteiger partial charge in [0.1, 0.15) is 5.82 Å². The Hall–Kier alpha value is -2.36. The molecule has 0 radical (unpaired) electrons. The van der Waals surface area contributed by atoms with Crippen LogP contribution in [-0.2, 0) is 0 Å². The first kappa shape index (κ1) is 15.0. The average Bonchev–Trinajstić information content (AvgIpc) is 2.48. The summed E-state index contributed by atoms with van der Waals surface area (Å²) in [6.45, 7) is 7.03. The highest BCUT2D eigenvalue weighted by molar-refractivity contribution is 6.04. The van der Waals surface area contributed by atoms with Crippen LogP contribution < -0.4 is 10.6 Å². The van der Waals surface area contributed by atoms with E-state index in [1.165, 1.54) is 5.56 Å². The summed E-state index contributed by atoms with van der Waals surface area (Å²) in [5.41, 5.74) is 2.61. The summed E-state index contributed by atoms with van der Waals surface area (Å²) in [6, 6.07) is 11.4. The summed E-state index contributed by atoms with van der Waals surface area (Å²) in [4.78, 5) is 16.4. The van der Waals surface area contributed by atoms with Gasteiger partial charge in [-0.1, -0.05) is 26.0 Å². The van der Waals surface area contributed by atoms with Gasteiger partial charge >= 0.3 is 0 Å². The molecule has 0 unspecified atom stereocenters. The second-order valence-electron chi connectivity index (χ2n) is 5.19. The zero-order valence-corrected chi connectivity index (χ0v) is 12.7. The molecular formula is C17H21N3O. The Morgan fingerprint density at radius 3 is 2.76 bits per heavy atom. The van der Waals surface area contributed by atoms with Crippen LogP contribution >= 0.6 is 0 Å². The summed E-state index contributed by atoms with van der Waals surface area (Å²) in [7, 11) is 0. The van der Waals surface area contributed by atoms with Crippen molar-refractivity contribution in [2.45, 2.75) is 26.7 Å². The minimum Gasteiger partial charge on any atom is -0.370 e. The normalized spacial score (nSPS) is 10.5. The molecule has 1 aromatic heterocycles. The molecule has 1 amide bonds. The van der Waals surface area contributed by atoms with Gasteiger partial charge in [0.05, 0.1) is 0 Å². The standard InChI is InChI=1S/C17H21N3O/c1-4-18-16-11-14(8-9-19-16)17(21)20-15-7-5-6-13(10-15)12(2)3/h5-12H,4H2,1-3H3,(H,18,19)(H,20,21). The molecule has 0 aliphatic rings. The molecule has 2 aromatic rings. The fourth-order valence-corrected chi connectivity index (χ4v) is 2.03. The van der Waals surface area contributed by atoms with Crippen LogP contribution in [0.3, 0.4) is 0 Å². The van der Waals surface area contributed by atoms with Crippen LogP contribution in [0.4, 0.5) is 11.5 Å². The highest BCUT2D eigenvalue weighted by atomic mass is 16.1.